The maximum absolute atomic E-state index is 11.7. The van der Waals surface area contributed by atoms with Crippen LogP contribution >= 0.6 is 0 Å². The number of alkyl carbamates (subject to hydrolysis) is 1. The molecule has 1 aromatic rings. The van der Waals surface area contributed by atoms with Crippen LogP contribution in [-0.4, -0.2) is 33.0 Å². The van der Waals surface area contributed by atoms with Crippen LogP contribution in [0.5, 0.6) is 0 Å². The molecule has 1 amide bonds. The predicted molar refractivity (Wildman–Crippen MR) is 63.8 cm³/mol. The summed E-state index contributed by atoms with van der Waals surface area (Å²) in [6.45, 7) is 6.77. The molecule has 7 heteroatoms. The molecule has 0 aromatic carbocycles. The van der Waals surface area contributed by atoms with E-state index in [0.29, 0.717) is 12.0 Å². The number of aryl methyl sites for hydroxylation is 1. The number of nitrogens with one attached hydrogen (secondary N) is 1. The smallest absolute Gasteiger partial charge is 0.408 e. The van der Waals surface area contributed by atoms with Gasteiger partial charge >= 0.3 is 6.09 Å². The van der Waals surface area contributed by atoms with Gasteiger partial charge < -0.3 is 14.8 Å². The molecule has 1 unspecified atom stereocenters. The zero-order valence-corrected chi connectivity index (χ0v) is 11.2. The molecule has 1 heterocycles. The van der Waals surface area contributed by atoms with E-state index in [1.807, 2.05) is 0 Å². The molecule has 18 heavy (non-hydrogen) atoms. The van der Waals surface area contributed by atoms with E-state index in [4.69, 9.17) is 4.74 Å². The minimum Gasteiger partial charge on any atom is -0.444 e. The van der Waals surface area contributed by atoms with E-state index in [0.717, 1.165) is 0 Å². The highest BCUT2D eigenvalue weighted by molar-refractivity contribution is 5.77. The lowest BCUT2D eigenvalue weighted by molar-refractivity contribution is -0.113. The summed E-state index contributed by atoms with van der Waals surface area (Å²) in [4.78, 5) is 22.9. The Morgan fingerprint density at radius 3 is 2.44 bits per heavy atom. The van der Waals surface area contributed by atoms with Crippen molar-refractivity contribution in [2.24, 2.45) is 7.05 Å². The summed E-state index contributed by atoms with van der Waals surface area (Å²) in [6.07, 6.45) is 1.48. The average molecular weight is 254 g/mol. The number of aldehydes is 1. The van der Waals surface area contributed by atoms with Crippen LogP contribution in [0.1, 0.15) is 33.4 Å². The van der Waals surface area contributed by atoms with E-state index in [1.54, 1.807) is 34.0 Å². The lowest BCUT2D eigenvalue weighted by atomic mass is 10.0. The fourth-order valence-corrected chi connectivity index (χ4v) is 1.25. The number of amides is 1. The molecular formula is C11H18N4O3. The van der Waals surface area contributed by atoms with Gasteiger partial charge in [0.15, 0.2) is 6.29 Å². The number of aromatic nitrogens is 3. The molecule has 1 rings (SSSR count). The zero-order chi connectivity index (χ0) is 14.0. The molecular weight excluding hydrogens is 236 g/mol. The Bertz CT molecular complexity index is 449. The third-order valence-corrected chi connectivity index (χ3v) is 2.13. The van der Waals surface area contributed by atoms with Crippen molar-refractivity contribution in [3.63, 3.8) is 0 Å². The molecule has 0 saturated carbocycles. The van der Waals surface area contributed by atoms with E-state index in [9.17, 15) is 9.59 Å². The van der Waals surface area contributed by atoms with Gasteiger partial charge in [-0.2, -0.15) is 0 Å². The molecule has 0 spiro atoms. The number of hydrogen-bond donors (Lipinski definition) is 1. The summed E-state index contributed by atoms with van der Waals surface area (Å²) in [5.74, 6) is 0. The van der Waals surface area contributed by atoms with E-state index in [-0.39, 0.29) is 0 Å². The van der Waals surface area contributed by atoms with Crippen LogP contribution in [0.2, 0.25) is 0 Å². The molecule has 100 valence electrons. The topological polar surface area (TPSA) is 86.1 Å². The first-order chi connectivity index (χ1) is 8.16. The van der Waals surface area contributed by atoms with Gasteiger partial charge in [0.2, 0.25) is 0 Å². The van der Waals surface area contributed by atoms with Crippen LogP contribution in [0.25, 0.3) is 0 Å². The first-order valence-corrected chi connectivity index (χ1v) is 5.50. The second kappa shape index (κ2) is 4.75. The Morgan fingerprint density at radius 1 is 1.44 bits per heavy atom. The number of rotatable bonds is 3. The lowest BCUT2D eigenvalue weighted by Gasteiger charge is -2.25. The third-order valence-electron chi connectivity index (χ3n) is 2.13. The average Bonchev–Trinajstić information content (AvgIpc) is 2.62. The molecule has 0 aliphatic rings. The van der Waals surface area contributed by atoms with Crippen LogP contribution in [0.15, 0.2) is 6.20 Å². The highest BCUT2D eigenvalue weighted by Crippen LogP contribution is 2.16. The van der Waals surface area contributed by atoms with Crippen molar-refractivity contribution in [3.8, 4) is 0 Å². The summed E-state index contributed by atoms with van der Waals surface area (Å²) in [6, 6.07) is 0. The standard InChI is InChI=1S/C11H18N4O3/c1-10(2,3)18-9(17)12-11(4,7-16)8-6-15(5)14-13-8/h6-7H,1-5H3,(H,12,17). The van der Waals surface area contributed by atoms with E-state index in [2.05, 4.69) is 15.6 Å². The second-order valence-corrected chi connectivity index (χ2v) is 5.22. The van der Waals surface area contributed by atoms with Crippen LogP contribution in [-0.2, 0) is 22.1 Å². The minimum absolute atomic E-state index is 0.353. The molecule has 7 nitrogen and oxygen atoms in total. The zero-order valence-electron chi connectivity index (χ0n) is 11.2. The molecule has 0 fully saturated rings. The largest absolute Gasteiger partial charge is 0.444 e. The number of hydrogen-bond acceptors (Lipinski definition) is 5. The van der Waals surface area contributed by atoms with Crippen molar-refractivity contribution in [3.05, 3.63) is 11.9 Å². The van der Waals surface area contributed by atoms with E-state index >= 15 is 0 Å². The highest BCUT2D eigenvalue weighted by Gasteiger charge is 2.33. The normalized spacial score (nSPS) is 14.7. The number of ether oxygens (including phenoxy) is 1. The van der Waals surface area contributed by atoms with Gasteiger partial charge in [-0.1, -0.05) is 5.21 Å². The second-order valence-electron chi connectivity index (χ2n) is 5.22. The van der Waals surface area contributed by atoms with Crippen molar-refractivity contribution >= 4 is 12.4 Å². The van der Waals surface area contributed by atoms with Crippen molar-refractivity contribution in [2.75, 3.05) is 0 Å². The van der Waals surface area contributed by atoms with Crippen molar-refractivity contribution in [2.45, 2.75) is 38.8 Å². The summed E-state index contributed by atoms with van der Waals surface area (Å²) < 4.78 is 6.55. The lowest BCUT2D eigenvalue weighted by Crippen LogP contribution is -2.47. The summed E-state index contributed by atoms with van der Waals surface area (Å²) in [7, 11) is 1.68. The monoisotopic (exact) mass is 254 g/mol. The molecule has 0 saturated heterocycles. The van der Waals surface area contributed by atoms with Crippen molar-refractivity contribution in [1.29, 1.82) is 0 Å². The van der Waals surface area contributed by atoms with Crippen LogP contribution < -0.4 is 5.32 Å². The Balaban J connectivity index is 2.84. The number of carbonyl (C=O) groups excluding carboxylic acids is 2. The van der Waals surface area contributed by atoms with Gasteiger partial charge in [-0.15, -0.1) is 5.10 Å². The fraction of sp³-hybridized carbons (Fsp3) is 0.636. The minimum atomic E-state index is -1.25. The quantitative estimate of drug-likeness (QED) is 0.804. The van der Waals surface area contributed by atoms with E-state index < -0.39 is 17.2 Å². The van der Waals surface area contributed by atoms with Crippen molar-refractivity contribution in [1.82, 2.24) is 20.3 Å². The Morgan fingerprint density at radius 2 is 2.06 bits per heavy atom. The summed E-state index contributed by atoms with van der Waals surface area (Å²) in [5.41, 5.74) is -1.53. The molecule has 1 aromatic heterocycles. The SMILES string of the molecule is Cn1cc(C(C)(C=O)NC(=O)OC(C)(C)C)nn1. The first-order valence-electron chi connectivity index (χ1n) is 5.50. The van der Waals surface area contributed by atoms with Gasteiger partial charge in [-0.05, 0) is 27.7 Å². The molecule has 1 atom stereocenters. The molecule has 0 aliphatic heterocycles. The van der Waals surface area contributed by atoms with Gasteiger partial charge in [-0.3, -0.25) is 4.68 Å². The Labute approximate surface area is 105 Å². The molecule has 0 aliphatic carbocycles. The van der Waals surface area contributed by atoms with Gasteiger partial charge in [0.25, 0.3) is 0 Å². The van der Waals surface area contributed by atoms with Gasteiger partial charge in [0.1, 0.15) is 16.8 Å². The predicted octanol–water partition coefficient (Wildman–Crippen LogP) is 0.754. The maximum atomic E-state index is 11.7. The summed E-state index contributed by atoms with van der Waals surface area (Å²) >= 11 is 0. The first kappa shape index (κ1) is 14.1. The van der Waals surface area contributed by atoms with Gasteiger partial charge in [-0.25, -0.2) is 4.79 Å². The van der Waals surface area contributed by atoms with Crippen LogP contribution in [0, 0.1) is 0 Å². The van der Waals surface area contributed by atoms with Crippen molar-refractivity contribution < 1.29 is 14.3 Å². The summed E-state index contributed by atoms with van der Waals surface area (Å²) in [5, 5.41) is 10.0. The fourth-order valence-electron chi connectivity index (χ4n) is 1.25. The van der Waals surface area contributed by atoms with Crippen LogP contribution in [0.4, 0.5) is 4.79 Å². The van der Waals surface area contributed by atoms with Gasteiger partial charge in [0, 0.05) is 7.05 Å². The molecule has 0 bridgehead atoms. The van der Waals surface area contributed by atoms with E-state index in [1.165, 1.54) is 11.6 Å². The highest BCUT2D eigenvalue weighted by atomic mass is 16.6. The Hall–Kier alpha value is -1.92. The molecule has 1 N–H and O–H groups in total. The molecule has 0 radical (unpaired) electrons. The Kier molecular flexibility index (Phi) is 3.73. The van der Waals surface area contributed by atoms with Gasteiger partial charge in [0.05, 0.1) is 6.20 Å². The number of nitrogens with zero attached hydrogens (tertiary/aromatic N) is 3. The maximum Gasteiger partial charge on any atom is 0.408 e. The number of carbonyl (C=O) groups is 2. The van der Waals surface area contributed by atoms with Crippen LogP contribution in [0.3, 0.4) is 0 Å². The third kappa shape index (κ3) is 3.54.